The maximum Gasteiger partial charge on any atom is 0.303 e. The van der Waals surface area contributed by atoms with Gasteiger partial charge in [0.15, 0.2) is 0 Å². The van der Waals surface area contributed by atoms with E-state index in [0.717, 1.165) is 0 Å². The van der Waals surface area contributed by atoms with Crippen LogP contribution in [0.1, 0.15) is 19.8 Å². The van der Waals surface area contributed by atoms with Gasteiger partial charge in [0.25, 0.3) is 0 Å². The smallest absolute Gasteiger partial charge is 0.303 e. The molecule has 1 unspecified atom stereocenters. The Morgan fingerprint density at radius 2 is 2.24 bits per heavy atom. The van der Waals surface area contributed by atoms with Crippen LogP contribution in [0.25, 0.3) is 0 Å². The lowest BCUT2D eigenvalue weighted by Crippen LogP contribution is -2.44. The number of carboxylic acid groups (broad SMARTS) is 1. The fourth-order valence-corrected chi connectivity index (χ4v) is 1.38. The van der Waals surface area contributed by atoms with Gasteiger partial charge in [-0.3, -0.25) is 9.59 Å². The van der Waals surface area contributed by atoms with Crippen molar-refractivity contribution in [3.05, 3.63) is 24.6 Å². The molecule has 1 amide bonds. The summed E-state index contributed by atoms with van der Waals surface area (Å²) in [6, 6.07) is 0. The second-order valence-electron chi connectivity index (χ2n) is 3.54. The van der Waals surface area contributed by atoms with Gasteiger partial charge >= 0.3 is 5.97 Å². The molecule has 1 aliphatic rings. The lowest BCUT2D eigenvalue weighted by molar-refractivity contribution is -0.137. The van der Waals surface area contributed by atoms with Crippen molar-refractivity contribution < 1.29 is 14.7 Å². The molecule has 17 heavy (non-hydrogen) atoms. The molecular weight excluding hydrogens is 222 g/mol. The monoisotopic (exact) mass is 237 g/mol. The number of amides is 1. The van der Waals surface area contributed by atoms with Gasteiger partial charge in [0, 0.05) is 25.7 Å². The van der Waals surface area contributed by atoms with E-state index in [2.05, 4.69) is 10.3 Å². The average molecular weight is 237 g/mol. The van der Waals surface area contributed by atoms with E-state index in [0.29, 0.717) is 6.42 Å². The number of carboxylic acids is 1. The molecule has 1 aliphatic heterocycles. The molecule has 6 heteroatoms. The molecule has 1 atom stereocenters. The second-order valence-corrected chi connectivity index (χ2v) is 3.54. The molecule has 6 nitrogen and oxygen atoms in total. The van der Waals surface area contributed by atoms with Gasteiger partial charge in [-0.15, -0.1) is 0 Å². The van der Waals surface area contributed by atoms with E-state index in [1.807, 2.05) is 0 Å². The third kappa shape index (κ3) is 4.96. The van der Waals surface area contributed by atoms with Gasteiger partial charge in [0.05, 0.1) is 6.34 Å². The predicted octanol–water partition coefficient (Wildman–Crippen LogP) is 0.685. The summed E-state index contributed by atoms with van der Waals surface area (Å²) < 4.78 is 0. The van der Waals surface area contributed by atoms with E-state index in [9.17, 15) is 9.59 Å². The van der Waals surface area contributed by atoms with Crippen LogP contribution in [0.4, 0.5) is 0 Å². The maximum absolute atomic E-state index is 11.1. The first-order valence-electron chi connectivity index (χ1n) is 5.22. The molecule has 0 aromatic rings. The Morgan fingerprint density at radius 1 is 1.47 bits per heavy atom. The Bertz CT molecular complexity index is 358. The molecule has 0 aromatic heterocycles. The predicted molar refractivity (Wildman–Crippen MR) is 63.1 cm³/mol. The van der Waals surface area contributed by atoms with Crippen molar-refractivity contribution in [3.8, 4) is 0 Å². The van der Waals surface area contributed by atoms with Crippen molar-refractivity contribution in [2.45, 2.75) is 25.9 Å². The SMILES string of the molecule is CC(=O)NC(CCC(=O)O)N1C=CC=CN=C1. The van der Waals surface area contributed by atoms with E-state index in [4.69, 9.17) is 5.11 Å². The summed E-state index contributed by atoms with van der Waals surface area (Å²) in [6.45, 7) is 1.39. The molecule has 0 aromatic carbocycles. The first kappa shape index (κ1) is 13.0. The fraction of sp³-hybridized carbons (Fsp3) is 0.364. The Balaban J connectivity index is 2.67. The van der Waals surface area contributed by atoms with Gasteiger partial charge in [0.2, 0.25) is 5.91 Å². The van der Waals surface area contributed by atoms with E-state index in [-0.39, 0.29) is 12.3 Å². The zero-order valence-corrected chi connectivity index (χ0v) is 9.54. The van der Waals surface area contributed by atoms with E-state index in [1.165, 1.54) is 6.92 Å². The molecule has 0 fully saturated rings. The van der Waals surface area contributed by atoms with E-state index in [1.54, 1.807) is 35.8 Å². The number of carbonyl (C=O) groups is 2. The van der Waals surface area contributed by atoms with Crippen molar-refractivity contribution in [1.29, 1.82) is 0 Å². The summed E-state index contributed by atoms with van der Waals surface area (Å²) in [5.74, 6) is -1.10. The number of rotatable bonds is 5. The van der Waals surface area contributed by atoms with Crippen LogP contribution in [0.5, 0.6) is 0 Å². The van der Waals surface area contributed by atoms with Gasteiger partial charge in [-0.1, -0.05) is 0 Å². The molecule has 0 saturated heterocycles. The quantitative estimate of drug-likeness (QED) is 0.736. The van der Waals surface area contributed by atoms with Gasteiger partial charge in [-0.05, 0) is 18.6 Å². The number of nitrogens with one attached hydrogen (secondary N) is 1. The molecule has 0 spiro atoms. The summed E-state index contributed by atoms with van der Waals surface area (Å²) >= 11 is 0. The average Bonchev–Trinajstić information content (AvgIpc) is 2.51. The van der Waals surface area contributed by atoms with Crippen LogP contribution in [-0.2, 0) is 9.59 Å². The normalized spacial score (nSPS) is 15.5. The summed E-state index contributed by atoms with van der Waals surface area (Å²) in [7, 11) is 0. The number of aliphatic carboxylic acids is 1. The van der Waals surface area contributed by atoms with Crippen LogP contribution in [0.3, 0.4) is 0 Å². The fourth-order valence-electron chi connectivity index (χ4n) is 1.38. The zero-order valence-electron chi connectivity index (χ0n) is 9.54. The highest BCUT2D eigenvalue weighted by atomic mass is 16.4. The van der Waals surface area contributed by atoms with Crippen molar-refractivity contribution in [2.75, 3.05) is 0 Å². The van der Waals surface area contributed by atoms with E-state index >= 15 is 0 Å². The first-order chi connectivity index (χ1) is 8.09. The third-order valence-electron chi connectivity index (χ3n) is 2.10. The topological polar surface area (TPSA) is 82.0 Å². The number of hydrogen-bond donors (Lipinski definition) is 2. The minimum Gasteiger partial charge on any atom is -0.481 e. The highest BCUT2D eigenvalue weighted by molar-refractivity contribution is 5.74. The van der Waals surface area contributed by atoms with Crippen molar-refractivity contribution in [3.63, 3.8) is 0 Å². The Hall–Kier alpha value is -2.11. The summed E-state index contributed by atoms with van der Waals surface area (Å²) in [6.07, 6.45) is 8.29. The second kappa shape index (κ2) is 6.47. The third-order valence-corrected chi connectivity index (χ3v) is 2.10. The highest BCUT2D eigenvalue weighted by Gasteiger charge is 2.16. The number of nitrogens with zero attached hydrogens (tertiary/aromatic N) is 2. The molecule has 0 bridgehead atoms. The Morgan fingerprint density at radius 3 is 2.88 bits per heavy atom. The van der Waals surface area contributed by atoms with Gasteiger partial charge in [-0.25, -0.2) is 4.99 Å². The summed E-state index contributed by atoms with van der Waals surface area (Å²) in [5, 5.41) is 11.3. The largest absolute Gasteiger partial charge is 0.481 e. The molecule has 92 valence electrons. The molecule has 0 radical (unpaired) electrons. The number of carbonyl (C=O) groups excluding carboxylic acids is 1. The molecule has 1 rings (SSSR count). The summed E-state index contributed by atoms with van der Waals surface area (Å²) in [4.78, 5) is 27.2. The lowest BCUT2D eigenvalue weighted by Gasteiger charge is -2.26. The highest BCUT2D eigenvalue weighted by Crippen LogP contribution is 2.06. The van der Waals surface area contributed by atoms with Gasteiger partial charge < -0.3 is 15.3 Å². The standard InChI is InChI=1S/C11H15N3O3/c1-9(15)13-10(4-5-11(16)17)14-7-3-2-6-12-8-14/h2-3,6-8,10H,4-5H2,1H3,(H,13,15)(H,16,17). The van der Waals surface area contributed by atoms with Gasteiger partial charge in [-0.2, -0.15) is 0 Å². The van der Waals surface area contributed by atoms with Crippen molar-refractivity contribution in [1.82, 2.24) is 10.2 Å². The number of allylic oxidation sites excluding steroid dienone is 2. The van der Waals surface area contributed by atoms with Crippen LogP contribution >= 0.6 is 0 Å². The molecule has 2 N–H and O–H groups in total. The van der Waals surface area contributed by atoms with Crippen molar-refractivity contribution in [2.24, 2.45) is 4.99 Å². The maximum atomic E-state index is 11.1. The summed E-state index contributed by atoms with van der Waals surface area (Å²) in [5.41, 5.74) is 0. The van der Waals surface area contributed by atoms with Crippen LogP contribution in [-0.4, -0.2) is 34.4 Å². The minimum atomic E-state index is -0.894. The Kier molecular flexibility index (Phi) is 4.93. The van der Waals surface area contributed by atoms with Gasteiger partial charge in [0.1, 0.15) is 6.17 Å². The minimum absolute atomic E-state index is 0.0173. The van der Waals surface area contributed by atoms with Crippen LogP contribution in [0, 0.1) is 0 Å². The molecule has 0 aliphatic carbocycles. The first-order valence-corrected chi connectivity index (χ1v) is 5.22. The van der Waals surface area contributed by atoms with E-state index < -0.39 is 12.1 Å². The lowest BCUT2D eigenvalue weighted by atomic mass is 10.2. The molecule has 0 saturated carbocycles. The van der Waals surface area contributed by atoms with Crippen LogP contribution < -0.4 is 5.32 Å². The van der Waals surface area contributed by atoms with Crippen LogP contribution in [0.2, 0.25) is 0 Å². The molecular formula is C11H15N3O3. The number of aliphatic imine (C=N–C) groups is 1. The van der Waals surface area contributed by atoms with Crippen molar-refractivity contribution >= 4 is 18.2 Å². The number of hydrogen-bond acceptors (Lipinski definition) is 4. The Labute approximate surface area is 99.3 Å². The molecule has 1 heterocycles. The van der Waals surface area contributed by atoms with Crippen LogP contribution in [0.15, 0.2) is 29.5 Å². The zero-order chi connectivity index (χ0) is 12.7.